The van der Waals surface area contributed by atoms with Crippen molar-refractivity contribution in [2.24, 2.45) is 5.41 Å². The summed E-state index contributed by atoms with van der Waals surface area (Å²) >= 11 is 1.89. The normalized spacial score (nSPS) is 19.8. The molecule has 1 aliphatic rings. The summed E-state index contributed by atoms with van der Waals surface area (Å²) in [6, 6.07) is 5.06. The van der Waals surface area contributed by atoms with Crippen molar-refractivity contribution in [1.29, 1.82) is 0 Å². The van der Waals surface area contributed by atoms with Crippen molar-refractivity contribution in [3.8, 4) is 0 Å². The van der Waals surface area contributed by atoms with Gasteiger partial charge in [-0.3, -0.25) is 0 Å². The lowest BCUT2D eigenvalue weighted by atomic mass is 9.73. The number of rotatable bonds is 8. The Bertz CT molecular complexity index is 382. The van der Waals surface area contributed by atoms with E-state index in [0.717, 1.165) is 6.54 Å². The first-order chi connectivity index (χ1) is 10.2. The van der Waals surface area contributed by atoms with Gasteiger partial charge in [0.2, 0.25) is 0 Å². The first kappa shape index (κ1) is 17.0. The second-order valence-corrected chi connectivity index (χ2v) is 7.92. The molecular formula is C18H32N2S. The van der Waals surface area contributed by atoms with Crippen LogP contribution in [0.4, 0.5) is 0 Å². The number of nitrogens with one attached hydrogen (secondary N) is 1. The predicted octanol–water partition coefficient (Wildman–Crippen LogP) is 4.17. The van der Waals surface area contributed by atoms with Crippen molar-refractivity contribution in [1.82, 2.24) is 10.2 Å². The Kier molecular flexibility index (Phi) is 6.72. The second-order valence-electron chi connectivity index (χ2n) is 6.89. The average Bonchev–Trinajstić information content (AvgIpc) is 2.99. The lowest BCUT2D eigenvalue weighted by molar-refractivity contribution is 0.0976. The zero-order valence-corrected chi connectivity index (χ0v) is 14.8. The van der Waals surface area contributed by atoms with Crippen molar-refractivity contribution in [2.45, 2.75) is 58.4 Å². The van der Waals surface area contributed by atoms with Crippen molar-refractivity contribution >= 4 is 11.3 Å². The average molecular weight is 309 g/mol. The molecule has 0 bridgehead atoms. The zero-order valence-electron chi connectivity index (χ0n) is 14.0. The smallest absolute Gasteiger partial charge is 0.0112 e. The Balaban J connectivity index is 1.91. The monoisotopic (exact) mass is 308 g/mol. The van der Waals surface area contributed by atoms with Gasteiger partial charge in [0, 0.05) is 24.0 Å². The molecule has 3 heteroatoms. The summed E-state index contributed by atoms with van der Waals surface area (Å²) < 4.78 is 0. The summed E-state index contributed by atoms with van der Waals surface area (Å²) in [5, 5.41) is 5.81. The van der Waals surface area contributed by atoms with Gasteiger partial charge in [-0.2, -0.15) is 0 Å². The van der Waals surface area contributed by atoms with Gasteiger partial charge in [-0.05, 0) is 56.6 Å². The van der Waals surface area contributed by atoms with E-state index in [4.69, 9.17) is 0 Å². The summed E-state index contributed by atoms with van der Waals surface area (Å²) in [4.78, 5) is 4.11. The lowest BCUT2D eigenvalue weighted by Gasteiger charge is -2.42. The van der Waals surface area contributed by atoms with Gasteiger partial charge in [-0.15, -0.1) is 11.3 Å². The van der Waals surface area contributed by atoms with E-state index in [9.17, 15) is 0 Å². The number of thiophene rings is 1. The van der Waals surface area contributed by atoms with E-state index in [0.29, 0.717) is 11.5 Å². The van der Waals surface area contributed by atoms with Crippen LogP contribution in [0.5, 0.6) is 0 Å². The van der Waals surface area contributed by atoms with Crippen LogP contribution < -0.4 is 5.32 Å². The summed E-state index contributed by atoms with van der Waals surface area (Å²) in [5.74, 6) is 0. The molecule has 1 unspecified atom stereocenters. The Morgan fingerprint density at radius 3 is 2.71 bits per heavy atom. The minimum absolute atomic E-state index is 0.507. The SMILES string of the molecule is CCNCC1(CN(C)C(C)Cc2cccs2)CCCCC1. The van der Waals surface area contributed by atoms with E-state index in [1.807, 2.05) is 11.3 Å². The molecule has 1 aromatic heterocycles. The maximum Gasteiger partial charge on any atom is 0.0112 e. The molecule has 0 amide bonds. The maximum absolute atomic E-state index is 3.62. The van der Waals surface area contributed by atoms with Crippen LogP contribution in [0.2, 0.25) is 0 Å². The van der Waals surface area contributed by atoms with Gasteiger partial charge in [-0.1, -0.05) is 32.3 Å². The van der Waals surface area contributed by atoms with Crippen molar-refractivity contribution < 1.29 is 0 Å². The third-order valence-electron chi connectivity index (χ3n) is 5.08. The highest BCUT2D eigenvalue weighted by Gasteiger charge is 2.33. The first-order valence-corrected chi connectivity index (χ1v) is 9.46. The Morgan fingerprint density at radius 1 is 1.33 bits per heavy atom. The highest BCUT2D eigenvalue weighted by atomic mass is 32.1. The van der Waals surface area contributed by atoms with Gasteiger partial charge in [0.25, 0.3) is 0 Å². The molecule has 1 aliphatic carbocycles. The predicted molar refractivity (Wildman–Crippen MR) is 94.2 cm³/mol. The summed E-state index contributed by atoms with van der Waals surface area (Å²) in [6.07, 6.45) is 8.25. The highest BCUT2D eigenvalue weighted by molar-refractivity contribution is 7.09. The number of hydrogen-bond acceptors (Lipinski definition) is 3. The van der Waals surface area contributed by atoms with Gasteiger partial charge in [0.15, 0.2) is 0 Å². The largest absolute Gasteiger partial charge is 0.316 e. The molecule has 0 aliphatic heterocycles. The number of hydrogen-bond donors (Lipinski definition) is 1. The first-order valence-electron chi connectivity index (χ1n) is 8.58. The van der Waals surface area contributed by atoms with Gasteiger partial charge in [0.05, 0.1) is 0 Å². The molecule has 0 aromatic carbocycles. The third kappa shape index (κ3) is 5.08. The van der Waals surface area contributed by atoms with Gasteiger partial charge >= 0.3 is 0 Å². The molecule has 21 heavy (non-hydrogen) atoms. The van der Waals surface area contributed by atoms with Gasteiger partial charge in [0.1, 0.15) is 0 Å². The summed E-state index contributed by atoms with van der Waals surface area (Å²) in [7, 11) is 2.32. The number of likely N-dealkylation sites (N-methyl/N-ethyl adjacent to an activating group) is 1. The standard InChI is InChI=1S/C18H32N2S/c1-4-19-14-18(10-6-5-7-11-18)15-20(3)16(2)13-17-9-8-12-21-17/h8-9,12,16,19H,4-7,10-11,13-15H2,1-3H3. The molecule has 0 radical (unpaired) electrons. The topological polar surface area (TPSA) is 15.3 Å². The second kappa shape index (κ2) is 8.30. The minimum atomic E-state index is 0.507. The Hall–Kier alpha value is -0.380. The fourth-order valence-corrected chi connectivity index (χ4v) is 4.47. The fourth-order valence-electron chi connectivity index (χ4n) is 3.64. The van der Waals surface area contributed by atoms with Crippen molar-refractivity contribution in [2.75, 3.05) is 26.7 Å². The van der Waals surface area contributed by atoms with Crippen LogP contribution in [-0.2, 0) is 6.42 Å². The van der Waals surface area contributed by atoms with Crippen LogP contribution in [0.3, 0.4) is 0 Å². The molecule has 0 saturated heterocycles. The molecule has 1 saturated carbocycles. The highest BCUT2D eigenvalue weighted by Crippen LogP contribution is 2.36. The maximum atomic E-state index is 3.62. The number of nitrogens with zero attached hydrogens (tertiary/aromatic N) is 1. The van der Waals surface area contributed by atoms with E-state index in [1.54, 1.807) is 0 Å². The molecule has 120 valence electrons. The molecule has 2 rings (SSSR count). The summed E-state index contributed by atoms with van der Waals surface area (Å²) in [6.45, 7) is 8.13. The Morgan fingerprint density at radius 2 is 2.10 bits per heavy atom. The molecule has 1 N–H and O–H groups in total. The van der Waals surface area contributed by atoms with Crippen LogP contribution in [0.15, 0.2) is 17.5 Å². The fraction of sp³-hybridized carbons (Fsp3) is 0.778. The van der Waals surface area contributed by atoms with Crippen LogP contribution in [-0.4, -0.2) is 37.6 Å². The Labute approximate surface area is 134 Å². The zero-order chi connectivity index (χ0) is 15.1. The van der Waals surface area contributed by atoms with Crippen LogP contribution >= 0.6 is 11.3 Å². The molecular weight excluding hydrogens is 276 g/mol. The van der Waals surface area contributed by atoms with E-state index in [-0.39, 0.29) is 0 Å². The van der Waals surface area contributed by atoms with Crippen LogP contribution in [0.1, 0.15) is 50.8 Å². The molecule has 0 spiro atoms. The van der Waals surface area contributed by atoms with Gasteiger partial charge < -0.3 is 10.2 Å². The van der Waals surface area contributed by atoms with Crippen LogP contribution in [0, 0.1) is 5.41 Å². The molecule has 1 fully saturated rings. The van der Waals surface area contributed by atoms with Crippen molar-refractivity contribution in [3.05, 3.63) is 22.4 Å². The van der Waals surface area contributed by atoms with E-state index in [1.165, 1.54) is 56.5 Å². The molecule has 2 nitrogen and oxygen atoms in total. The van der Waals surface area contributed by atoms with E-state index >= 15 is 0 Å². The van der Waals surface area contributed by atoms with Crippen LogP contribution in [0.25, 0.3) is 0 Å². The minimum Gasteiger partial charge on any atom is -0.316 e. The van der Waals surface area contributed by atoms with E-state index < -0.39 is 0 Å². The quantitative estimate of drug-likeness (QED) is 0.775. The molecule has 1 heterocycles. The third-order valence-corrected chi connectivity index (χ3v) is 5.98. The lowest BCUT2D eigenvalue weighted by Crippen LogP contribution is -2.47. The summed E-state index contributed by atoms with van der Waals surface area (Å²) in [5.41, 5.74) is 0.507. The van der Waals surface area contributed by atoms with Crippen molar-refractivity contribution in [3.63, 3.8) is 0 Å². The molecule has 1 aromatic rings. The van der Waals surface area contributed by atoms with Gasteiger partial charge in [-0.25, -0.2) is 0 Å². The molecule has 1 atom stereocenters. The van der Waals surface area contributed by atoms with E-state index in [2.05, 4.69) is 48.6 Å².